The summed E-state index contributed by atoms with van der Waals surface area (Å²) in [6, 6.07) is 17.4. The van der Waals surface area contributed by atoms with Gasteiger partial charge >= 0.3 is 0 Å². The van der Waals surface area contributed by atoms with Crippen molar-refractivity contribution in [3.63, 3.8) is 0 Å². The van der Waals surface area contributed by atoms with Gasteiger partial charge in [0, 0.05) is 57.3 Å². The van der Waals surface area contributed by atoms with Gasteiger partial charge in [-0.3, -0.25) is 0 Å². The zero-order valence-electron chi connectivity index (χ0n) is 19.2. The summed E-state index contributed by atoms with van der Waals surface area (Å²) in [5.74, 6) is 1.94. The molecule has 9 heteroatoms. The van der Waals surface area contributed by atoms with Gasteiger partial charge in [0.05, 0.1) is 6.33 Å². The number of anilines is 1. The molecule has 0 saturated carbocycles. The Balaban J connectivity index is 1.36. The SMILES string of the molecule is Cn1cnc(S(=O)(=O)N2C[C@@H]([C@@H]3CCCOC3)[C@H](Nc3cccc(Oc4ccccc4)c3)C2)c1. The van der Waals surface area contributed by atoms with Crippen molar-refractivity contribution in [1.29, 1.82) is 0 Å². The molecule has 2 fully saturated rings. The Labute approximate surface area is 200 Å². The van der Waals surface area contributed by atoms with Gasteiger partial charge in [0.1, 0.15) is 11.5 Å². The van der Waals surface area contributed by atoms with Crippen LogP contribution in [0.1, 0.15) is 12.8 Å². The Bertz CT molecular complexity index is 1210. The normalized spacial score (nSPS) is 23.6. The van der Waals surface area contributed by atoms with Crippen LogP contribution in [-0.4, -0.2) is 54.6 Å². The predicted octanol–water partition coefficient (Wildman–Crippen LogP) is 3.74. The van der Waals surface area contributed by atoms with Gasteiger partial charge < -0.3 is 19.4 Å². The number of rotatable bonds is 7. The van der Waals surface area contributed by atoms with Gasteiger partial charge in [-0.25, -0.2) is 13.4 Å². The second-order valence-electron chi connectivity index (χ2n) is 9.03. The molecule has 2 saturated heterocycles. The molecule has 2 aliphatic heterocycles. The first kappa shape index (κ1) is 22.9. The number of ether oxygens (including phenoxy) is 2. The fourth-order valence-electron chi connectivity index (χ4n) is 4.86. The summed E-state index contributed by atoms with van der Waals surface area (Å²) in [4.78, 5) is 4.10. The molecule has 5 rings (SSSR count). The van der Waals surface area contributed by atoms with Crippen molar-refractivity contribution >= 4 is 15.7 Å². The summed E-state index contributed by atoms with van der Waals surface area (Å²) in [6.07, 6.45) is 5.11. The van der Waals surface area contributed by atoms with Crippen molar-refractivity contribution in [3.05, 3.63) is 67.1 Å². The van der Waals surface area contributed by atoms with Gasteiger partial charge in [0.15, 0.2) is 5.03 Å². The van der Waals surface area contributed by atoms with Gasteiger partial charge in [-0.2, -0.15) is 4.31 Å². The van der Waals surface area contributed by atoms with Crippen LogP contribution in [0.2, 0.25) is 0 Å². The second-order valence-corrected chi connectivity index (χ2v) is 10.9. The van der Waals surface area contributed by atoms with E-state index in [2.05, 4.69) is 10.3 Å². The van der Waals surface area contributed by atoms with E-state index in [1.54, 1.807) is 22.1 Å². The van der Waals surface area contributed by atoms with Crippen molar-refractivity contribution in [2.75, 3.05) is 31.6 Å². The van der Waals surface area contributed by atoms with Gasteiger partial charge in [-0.15, -0.1) is 0 Å². The topological polar surface area (TPSA) is 85.7 Å². The molecule has 1 N–H and O–H groups in total. The van der Waals surface area contributed by atoms with Gasteiger partial charge in [-0.1, -0.05) is 24.3 Å². The van der Waals surface area contributed by atoms with Crippen LogP contribution in [0.25, 0.3) is 0 Å². The Kier molecular flexibility index (Phi) is 6.58. The highest BCUT2D eigenvalue weighted by atomic mass is 32.2. The largest absolute Gasteiger partial charge is 0.457 e. The highest BCUT2D eigenvalue weighted by Crippen LogP contribution is 2.35. The van der Waals surface area contributed by atoms with E-state index in [-0.39, 0.29) is 17.0 Å². The number of hydrogen-bond acceptors (Lipinski definition) is 6. The van der Waals surface area contributed by atoms with Gasteiger partial charge in [0.2, 0.25) is 0 Å². The molecule has 3 aromatic rings. The minimum atomic E-state index is -3.67. The fourth-order valence-corrected chi connectivity index (χ4v) is 6.33. The third-order valence-electron chi connectivity index (χ3n) is 6.58. The predicted molar refractivity (Wildman–Crippen MR) is 129 cm³/mol. The zero-order chi connectivity index (χ0) is 23.5. The van der Waals surface area contributed by atoms with Crippen molar-refractivity contribution < 1.29 is 17.9 Å². The number of para-hydroxylation sites is 1. The molecule has 0 amide bonds. The Hall–Kier alpha value is -2.88. The molecule has 0 radical (unpaired) electrons. The minimum absolute atomic E-state index is 0.0443. The summed E-state index contributed by atoms with van der Waals surface area (Å²) >= 11 is 0. The van der Waals surface area contributed by atoms with E-state index in [0.717, 1.165) is 36.6 Å². The first-order valence-electron chi connectivity index (χ1n) is 11.6. The van der Waals surface area contributed by atoms with E-state index in [9.17, 15) is 8.42 Å². The molecule has 3 atom stereocenters. The molecular formula is C25H30N4O4S. The summed E-state index contributed by atoms with van der Waals surface area (Å²) in [5.41, 5.74) is 0.900. The lowest BCUT2D eigenvalue weighted by atomic mass is 9.84. The standard InChI is InChI=1S/C25H30N4O4S/c1-28-16-25(26-18-28)34(30,31)29-14-23(19-7-6-12-32-17-19)24(15-29)27-20-8-5-11-22(13-20)33-21-9-3-2-4-10-21/h2-5,8-11,13,16,18-19,23-24,27H,6-7,12,14-15,17H2,1H3/t19-,23+,24-/m1/s1. The average molecular weight is 483 g/mol. The third-order valence-corrected chi connectivity index (χ3v) is 8.30. The number of aromatic nitrogens is 2. The van der Waals surface area contributed by atoms with Crippen LogP contribution in [0.15, 0.2) is 72.1 Å². The van der Waals surface area contributed by atoms with Crippen molar-refractivity contribution in [1.82, 2.24) is 13.9 Å². The quantitative estimate of drug-likeness (QED) is 0.552. The summed E-state index contributed by atoms with van der Waals surface area (Å²) in [7, 11) is -1.90. The lowest BCUT2D eigenvalue weighted by Gasteiger charge is -2.31. The maximum Gasteiger partial charge on any atom is 0.262 e. The molecule has 0 bridgehead atoms. The van der Waals surface area contributed by atoms with E-state index in [1.807, 2.05) is 54.6 Å². The molecule has 2 aliphatic rings. The molecule has 34 heavy (non-hydrogen) atoms. The van der Waals surface area contributed by atoms with Crippen LogP contribution in [0, 0.1) is 11.8 Å². The zero-order valence-corrected chi connectivity index (χ0v) is 20.0. The molecule has 0 unspecified atom stereocenters. The first-order valence-corrected chi connectivity index (χ1v) is 13.1. The summed E-state index contributed by atoms with van der Waals surface area (Å²) in [6.45, 7) is 2.27. The highest BCUT2D eigenvalue weighted by molar-refractivity contribution is 7.89. The minimum Gasteiger partial charge on any atom is -0.457 e. The lowest BCUT2D eigenvalue weighted by Crippen LogP contribution is -2.36. The smallest absolute Gasteiger partial charge is 0.262 e. The maximum atomic E-state index is 13.3. The van der Waals surface area contributed by atoms with Crippen LogP contribution in [0.4, 0.5) is 5.69 Å². The molecule has 180 valence electrons. The fraction of sp³-hybridized carbons (Fsp3) is 0.400. The van der Waals surface area contributed by atoms with E-state index >= 15 is 0 Å². The number of benzene rings is 2. The Morgan fingerprint density at radius 2 is 1.91 bits per heavy atom. The van der Waals surface area contributed by atoms with Crippen LogP contribution < -0.4 is 10.1 Å². The third kappa shape index (κ3) is 4.96. The molecule has 8 nitrogen and oxygen atoms in total. The molecule has 3 heterocycles. The van der Waals surface area contributed by atoms with E-state index < -0.39 is 10.0 Å². The van der Waals surface area contributed by atoms with E-state index in [4.69, 9.17) is 9.47 Å². The molecule has 1 aromatic heterocycles. The maximum absolute atomic E-state index is 13.3. The van der Waals surface area contributed by atoms with Crippen molar-refractivity contribution in [2.45, 2.75) is 23.9 Å². The average Bonchev–Trinajstić information content (AvgIpc) is 3.48. The van der Waals surface area contributed by atoms with Crippen LogP contribution in [-0.2, 0) is 21.8 Å². The van der Waals surface area contributed by atoms with E-state index in [0.29, 0.717) is 25.6 Å². The number of aryl methyl sites for hydroxylation is 1. The van der Waals surface area contributed by atoms with Crippen LogP contribution in [0.3, 0.4) is 0 Å². The first-order chi connectivity index (χ1) is 16.5. The number of hydrogen-bond donors (Lipinski definition) is 1. The Morgan fingerprint density at radius 3 is 2.65 bits per heavy atom. The number of nitrogens with zero attached hydrogens (tertiary/aromatic N) is 3. The van der Waals surface area contributed by atoms with Gasteiger partial charge in [-0.05, 0) is 48.9 Å². The van der Waals surface area contributed by atoms with Crippen molar-refractivity contribution in [3.8, 4) is 11.5 Å². The summed E-state index contributed by atoms with van der Waals surface area (Å²) < 4.78 is 41.6. The number of imidazole rings is 1. The number of sulfonamides is 1. The molecule has 0 spiro atoms. The van der Waals surface area contributed by atoms with Gasteiger partial charge in [0.25, 0.3) is 10.0 Å². The van der Waals surface area contributed by atoms with E-state index in [1.165, 1.54) is 6.33 Å². The number of nitrogens with one attached hydrogen (secondary N) is 1. The van der Waals surface area contributed by atoms with Crippen LogP contribution >= 0.6 is 0 Å². The monoisotopic (exact) mass is 482 g/mol. The van der Waals surface area contributed by atoms with Crippen LogP contribution in [0.5, 0.6) is 11.5 Å². The molecule has 2 aromatic carbocycles. The highest BCUT2D eigenvalue weighted by Gasteiger charge is 2.43. The Morgan fingerprint density at radius 1 is 1.09 bits per heavy atom. The van der Waals surface area contributed by atoms with Crippen molar-refractivity contribution in [2.24, 2.45) is 18.9 Å². The molecule has 0 aliphatic carbocycles. The second kappa shape index (κ2) is 9.77. The lowest BCUT2D eigenvalue weighted by molar-refractivity contribution is 0.0317. The summed E-state index contributed by atoms with van der Waals surface area (Å²) in [5, 5.41) is 3.70. The molecular weight excluding hydrogens is 452 g/mol.